The van der Waals surface area contributed by atoms with Gasteiger partial charge in [-0.3, -0.25) is 4.79 Å². The van der Waals surface area contributed by atoms with Gasteiger partial charge in [-0.2, -0.15) is 4.36 Å². The monoisotopic (exact) mass is 198 g/mol. The smallest absolute Gasteiger partial charge is 0.250 e. The minimum absolute atomic E-state index is 0.338. The van der Waals surface area contributed by atoms with Gasteiger partial charge in [0.25, 0.3) is 5.91 Å². The molecule has 0 saturated heterocycles. The summed E-state index contributed by atoms with van der Waals surface area (Å²) in [7, 11) is -2.65. The van der Waals surface area contributed by atoms with E-state index in [-0.39, 0.29) is 0 Å². The van der Waals surface area contributed by atoms with E-state index in [1.165, 1.54) is 19.4 Å². The van der Waals surface area contributed by atoms with Crippen molar-refractivity contribution in [3.05, 3.63) is 24.4 Å². The summed E-state index contributed by atoms with van der Waals surface area (Å²) in [5, 5.41) is 0.338. The maximum atomic E-state index is 11.7. The molecule has 13 heavy (non-hydrogen) atoms. The Kier molecular flexibility index (Phi) is 2.77. The van der Waals surface area contributed by atoms with Crippen LogP contribution in [0.4, 0.5) is 0 Å². The SMILES string of the molecule is CC(=O)N=S(C)(=O)c1ccccn1. The highest BCUT2D eigenvalue weighted by Gasteiger charge is 2.06. The van der Waals surface area contributed by atoms with E-state index in [4.69, 9.17) is 0 Å². The van der Waals surface area contributed by atoms with Crippen LogP contribution in [0.3, 0.4) is 0 Å². The fourth-order valence-electron chi connectivity index (χ4n) is 0.863. The quantitative estimate of drug-likeness (QED) is 0.678. The van der Waals surface area contributed by atoms with Crippen molar-refractivity contribution >= 4 is 15.6 Å². The molecule has 1 unspecified atom stereocenters. The molecule has 4 nitrogen and oxygen atoms in total. The minimum Gasteiger partial charge on any atom is -0.272 e. The number of amides is 1. The van der Waals surface area contributed by atoms with Crippen molar-refractivity contribution in [2.75, 3.05) is 6.26 Å². The predicted molar refractivity (Wildman–Crippen MR) is 49.7 cm³/mol. The number of nitrogens with zero attached hydrogens (tertiary/aromatic N) is 2. The fourth-order valence-corrected chi connectivity index (χ4v) is 2.03. The number of hydrogen-bond donors (Lipinski definition) is 0. The van der Waals surface area contributed by atoms with Crippen LogP contribution < -0.4 is 0 Å². The third-order valence-electron chi connectivity index (χ3n) is 1.33. The van der Waals surface area contributed by atoms with Crippen molar-refractivity contribution in [2.45, 2.75) is 11.9 Å². The molecule has 0 aliphatic heterocycles. The van der Waals surface area contributed by atoms with E-state index < -0.39 is 15.6 Å². The largest absolute Gasteiger partial charge is 0.272 e. The highest BCUT2D eigenvalue weighted by molar-refractivity contribution is 7.93. The van der Waals surface area contributed by atoms with Gasteiger partial charge >= 0.3 is 0 Å². The molecule has 1 amide bonds. The summed E-state index contributed by atoms with van der Waals surface area (Å²) in [5.41, 5.74) is 0. The Bertz CT molecular complexity index is 419. The van der Waals surface area contributed by atoms with Crippen LogP contribution in [-0.4, -0.2) is 21.4 Å². The van der Waals surface area contributed by atoms with Crippen molar-refractivity contribution in [3.8, 4) is 0 Å². The Morgan fingerprint density at radius 3 is 2.69 bits per heavy atom. The molecule has 0 N–H and O–H groups in total. The summed E-state index contributed by atoms with van der Waals surface area (Å²) in [5.74, 6) is -0.446. The van der Waals surface area contributed by atoms with Crippen LogP contribution in [0.5, 0.6) is 0 Å². The molecule has 0 radical (unpaired) electrons. The van der Waals surface area contributed by atoms with Gasteiger partial charge in [0.05, 0.1) is 9.73 Å². The lowest BCUT2D eigenvalue weighted by atomic mass is 10.5. The molecule has 0 aliphatic carbocycles. The third-order valence-corrected chi connectivity index (χ3v) is 2.95. The second kappa shape index (κ2) is 3.66. The van der Waals surface area contributed by atoms with Crippen LogP contribution in [0.1, 0.15) is 6.92 Å². The zero-order valence-electron chi connectivity index (χ0n) is 7.43. The molecule has 0 saturated carbocycles. The molecule has 1 atom stereocenters. The number of pyridine rings is 1. The molecule has 1 rings (SSSR count). The first-order valence-electron chi connectivity index (χ1n) is 3.66. The molecule has 0 aliphatic rings. The third kappa shape index (κ3) is 2.62. The van der Waals surface area contributed by atoms with Gasteiger partial charge in [-0.05, 0) is 12.1 Å². The highest BCUT2D eigenvalue weighted by Crippen LogP contribution is 2.06. The Labute approximate surface area is 77.2 Å². The molecular formula is C8H10N2O2S. The number of carbonyl (C=O) groups is 1. The van der Waals surface area contributed by atoms with Crippen LogP contribution in [0.25, 0.3) is 0 Å². The van der Waals surface area contributed by atoms with E-state index in [1.807, 2.05) is 0 Å². The summed E-state index contributed by atoms with van der Waals surface area (Å²) in [6.07, 6.45) is 2.92. The summed E-state index contributed by atoms with van der Waals surface area (Å²) in [4.78, 5) is 14.5. The Morgan fingerprint density at radius 2 is 2.23 bits per heavy atom. The van der Waals surface area contributed by atoms with Crippen molar-refractivity contribution in [2.24, 2.45) is 4.36 Å². The lowest BCUT2D eigenvalue weighted by Gasteiger charge is -1.99. The van der Waals surface area contributed by atoms with Crippen LogP contribution in [0, 0.1) is 0 Å². The van der Waals surface area contributed by atoms with Gasteiger partial charge in [-0.25, -0.2) is 9.19 Å². The highest BCUT2D eigenvalue weighted by atomic mass is 32.2. The first-order chi connectivity index (χ1) is 6.02. The summed E-state index contributed by atoms with van der Waals surface area (Å²) >= 11 is 0. The Morgan fingerprint density at radius 1 is 1.54 bits per heavy atom. The number of aromatic nitrogens is 1. The Balaban J connectivity index is 3.24. The summed E-state index contributed by atoms with van der Waals surface area (Å²) < 4.78 is 15.3. The molecule has 1 heterocycles. The summed E-state index contributed by atoms with van der Waals surface area (Å²) in [6, 6.07) is 5.02. The first kappa shape index (κ1) is 9.85. The van der Waals surface area contributed by atoms with Crippen molar-refractivity contribution in [1.82, 2.24) is 4.98 Å². The van der Waals surface area contributed by atoms with E-state index in [2.05, 4.69) is 9.35 Å². The molecule has 70 valence electrons. The van der Waals surface area contributed by atoms with Gasteiger partial charge in [0.15, 0.2) is 0 Å². The lowest BCUT2D eigenvalue weighted by Crippen LogP contribution is -2.02. The van der Waals surface area contributed by atoms with E-state index in [1.54, 1.807) is 18.2 Å². The Hall–Kier alpha value is -1.23. The molecule has 5 heteroatoms. The van der Waals surface area contributed by atoms with E-state index in [0.29, 0.717) is 5.03 Å². The topological polar surface area (TPSA) is 59.4 Å². The van der Waals surface area contributed by atoms with Crippen LogP contribution >= 0.6 is 0 Å². The zero-order chi connectivity index (χ0) is 9.90. The average molecular weight is 198 g/mol. The minimum atomic E-state index is -2.65. The van der Waals surface area contributed by atoms with E-state index >= 15 is 0 Å². The standard InChI is InChI=1S/C8H10N2O2S/c1-7(11)10-13(2,12)8-5-3-4-6-9-8/h3-6H,1-2H3. The van der Waals surface area contributed by atoms with Gasteiger partial charge in [0.2, 0.25) is 0 Å². The van der Waals surface area contributed by atoms with E-state index in [9.17, 15) is 9.00 Å². The number of carbonyl (C=O) groups excluding carboxylic acids is 1. The van der Waals surface area contributed by atoms with Gasteiger partial charge in [-0.15, -0.1) is 0 Å². The molecule has 1 aromatic heterocycles. The van der Waals surface area contributed by atoms with E-state index in [0.717, 1.165) is 0 Å². The van der Waals surface area contributed by atoms with Crippen molar-refractivity contribution < 1.29 is 9.00 Å². The fraction of sp³-hybridized carbons (Fsp3) is 0.250. The average Bonchev–Trinajstić information content (AvgIpc) is 2.04. The van der Waals surface area contributed by atoms with Crippen molar-refractivity contribution in [3.63, 3.8) is 0 Å². The lowest BCUT2D eigenvalue weighted by molar-refractivity contribution is -0.115. The van der Waals surface area contributed by atoms with Gasteiger partial charge in [-0.1, -0.05) is 6.07 Å². The summed E-state index contributed by atoms with van der Waals surface area (Å²) in [6.45, 7) is 1.27. The van der Waals surface area contributed by atoms with Crippen LogP contribution in [-0.2, 0) is 14.5 Å². The second-order valence-corrected chi connectivity index (χ2v) is 4.79. The van der Waals surface area contributed by atoms with Crippen LogP contribution in [0.2, 0.25) is 0 Å². The normalized spacial score (nSPS) is 14.6. The predicted octanol–water partition coefficient (Wildman–Crippen LogP) is 1.08. The van der Waals surface area contributed by atoms with Gasteiger partial charge in [0.1, 0.15) is 5.03 Å². The molecule has 0 spiro atoms. The molecule has 0 aromatic carbocycles. The molecule has 0 bridgehead atoms. The molecule has 1 aromatic rings. The molecular weight excluding hydrogens is 188 g/mol. The number of rotatable bonds is 1. The molecule has 0 fully saturated rings. The first-order valence-corrected chi connectivity index (χ1v) is 5.58. The van der Waals surface area contributed by atoms with Crippen LogP contribution in [0.15, 0.2) is 33.8 Å². The second-order valence-electron chi connectivity index (χ2n) is 2.58. The maximum absolute atomic E-state index is 11.7. The zero-order valence-corrected chi connectivity index (χ0v) is 8.25. The van der Waals surface area contributed by atoms with Crippen molar-refractivity contribution in [1.29, 1.82) is 0 Å². The van der Waals surface area contributed by atoms with Gasteiger partial charge in [0, 0.05) is 19.4 Å². The van der Waals surface area contributed by atoms with Gasteiger partial charge < -0.3 is 0 Å². The number of hydrogen-bond acceptors (Lipinski definition) is 3. The maximum Gasteiger partial charge on any atom is 0.250 e.